The minimum atomic E-state index is -0.915. The molecule has 250 valence electrons. The van der Waals surface area contributed by atoms with Crippen LogP contribution in [0, 0.1) is 0 Å². The van der Waals surface area contributed by atoms with Gasteiger partial charge in [0, 0.05) is 92.0 Å². The minimum absolute atomic E-state index is 0. The molecule has 4 aliphatic heterocycles. The minimum Gasteiger partial charge on any atom is -0.436 e. The molecule has 0 saturated carbocycles. The summed E-state index contributed by atoms with van der Waals surface area (Å²) in [7, 11) is 0. The maximum atomic E-state index is 13.9. The van der Waals surface area contributed by atoms with E-state index in [1.54, 1.807) is 4.90 Å². The third kappa shape index (κ3) is 8.42. The van der Waals surface area contributed by atoms with Gasteiger partial charge in [-0.2, -0.15) is 0 Å². The number of likely N-dealkylation sites (tertiary alicyclic amines) is 2. The van der Waals surface area contributed by atoms with Crippen molar-refractivity contribution in [3.05, 3.63) is 62.5 Å². The van der Waals surface area contributed by atoms with E-state index in [4.69, 9.17) is 4.74 Å². The fraction of sp³-hybridized carbons (Fsp3) is 0.559. The molecular formula is C34H46Br2N6O4. The Morgan fingerprint density at radius 3 is 2.17 bits per heavy atom. The highest BCUT2D eigenvalue weighted by Crippen LogP contribution is 2.27. The van der Waals surface area contributed by atoms with Crippen LogP contribution < -0.4 is 10.6 Å². The number of nitrogens with zero attached hydrogens (tertiary/aromatic N) is 4. The molecule has 2 N–H and O–H groups in total. The van der Waals surface area contributed by atoms with E-state index in [0.29, 0.717) is 58.0 Å². The smallest absolute Gasteiger partial charge is 0.410 e. The SMILES string of the molecule is C.O=C(O[C@H](Cc1cc(Br)cc(Br)c1)C(=O)N1CCC(N2CCNCC2)CC1)N1CCC(N2CCc3ccccc3NC2=O)CC1. The van der Waals surface area contributed by atoms with E-state index in [-0.39, 0.29) is 25.4 Å². The lowest BCUT2D eigenvalue weighted by atomic mass is 10.0. The van der Waals surface area contributed by atoms with Crippen LogP contribution in [0.15, 0.2) is 51.4 Å². The summed E-state index contributed by atoms with van der Waals surface area (Å²) in [5.74, 6) is -0.131. The predicted molar refractivity (Wildman–Crippen MR) is 187 cm³/mol. The average Bonchev–Trinajstić information content (AvgIpc) is 3.22. The molecule has 0 aliphatic carbocycles. The Labute approximate surface area is 289 Å². The van der Waals surface area contributed by atoms with Crippen LogP contribution in [-0.4, -0.2) is 115 Å². The summed E-state index contributed by atoms with van der Waals surface area (Å²) < 4.78 is 7.83. The quantitative estimate of drug-likeness (QED) is 0.413. The van der Waals surface area contributed by atoms with Gasteiger partial charge < -0.3 is 30.1 Å². The molecule has 0 radical (unpaired) electrons. The fourth-order valence-corrected chi connectivity index (χ4v) is 8.51. The number of carbonyl (C=O) groups is 3. The van der Waals surface area contributed by atoms with Gasteiger partial charge in [0.15, 0.2) is 6.10 Å². The first-order valence-corrected chi connectivity index (χ1v) is 17.7. The van der Waals surface area contributed by atoms with Crippen molar-refractivity contribution in [3.63, 3.8) is 0 Å². The number of carbonyl (C=O) groups excluding carboxylic acids is 3. The van der Waals surface area contributed by atoms with Crippen LogP contribution in [0.1, 0.15) is 44.2 Å². The number of benzene rings is 2. The van der Waals surface area contributed by atoms with Crippen molar-refractivity contribution >= 4 is 55.6 Å². The predicted octanol–water partition coefficient (Wildman–Crippen LogP) is 5.35. The van der Waals surface area contributed by atoms with Crippen LogP contribution in [0.4, 0.5) is 15.3 Å². The number of urea groups is 1. The van der Waals surface area contributed by atoms with Crippen molar-refractivity contribution in [2.75, 3.05) is 64.2 Å². The third-order valence-electron chi connectivity index (χ3n) is 9.61. The molecule has 4 aliphatic rings. The standard InChI is InChI=1S/C33H42Br2N6O4.CH4/c34-25-19-23(20-26(35)22-25)21-30(31(42)39-12-6-27(7-13-39)38-17-10-36-11-18-38)45-33(44)40-14-8-28(9-15-40)41-16-5-24-3-1-2-4-29(24)37-32(41)43;/h1-4,19-20,22,27-28,30,36H,5-18,21H2,(H,37,43);1H4/t30-;/m1./s1. The Morgan fingerprint density at radius 2 is 1.48 bits per heavy atom. The van der Waals surface area contributed by atoms with Gasteiger partial charge in [0.2, 0.25) is 0 Å². The number of halogens is 2. The molecular weight excluding hydrogens is 716 g/mol. The van der Waals surface area contributed by atoms with Crippen molar-refractivity contribution in [1.29, 1.82) is 0 Å². The summed E-state index contributed by atoms with van der Waals surface area (Å²) in [6.07, 6.45) is 2.89. The van der Waals surface area contributed by atoms with Crippen molar-refractivity contribution in [1.82, 2.24) is 24.9 Å². The number of amides is 4. The van der Waals surface area contributed by atoms with Crippen LogP contribution >= 0.6 is 31.9 Å². The second-order valence-corrected chi connectivity index (χ2v) is 14.3. The molecule has 2 aromatic rings. The zero-order valence-corrected chi connectivity index (χ0v) is 28.7. The molecule has 4 amide bonds. The van der Waals surface area contributed by atoms with Gasteiger partial charge in [0.25, 0.3) is 5.91 Å². The van der Waals surface area contributed by atoms with Crippen LogP contribution in [0.25, 0.3) is 0 Å². The van der Waals surface area contributed by atoms with Gasteiger partial charge >= 0.3 is 12.1 Å². The monoisotopic (exact) mass is 760 g/mol. The van der Waals surface area contributed by atoms with Crippen molar-refractivity contribution < 1.29 is 19.1 Å². The fourth-order valence-electron chi connectivity index (χ4n) is 7.12. The topological polar surface area (TPSA) is 97.5 Å². The molecule has 0 unspecified atom stereocenters. The Bertz CT molecular complexity index is 1350. The molecule has 0 aromatic heterocycles. The summed E-state index contributed by atoms with van der Waals surface area (Å²) in [5.41, 5.74) is 2.91. The van der Waals surface area contributed by atoms with E-state index in [1.165, 1.54) is 0 Å². The molecule has 10 nitrogen and oxygen atoms in total. The molecule has 6 rings (SSSR count). The Kier molecular flexibility index (Phi) is 12.0. The van der Waals surface area contributed by atoms with Crippen LogP contribution in [-0.2, 0) is 22.4 Å². The zero-order valence-electron chi connectivity index (χ0n) is 25.6. The number of anilines is 1. The summed E-state index contributed by atoms with van der Waals surface area (Å²) in [4.78, 5) is 48.5. The first-order chi connectivity index (χ1) is 21.8. The van der Waals surface area contributed by atoms with Crippen molar-refractivity contribution in [2.45, 2.75) is 64.1 Å². The molecule has 12 heteroatoms. The number of ether oxygens (including phenoxy) is 1. The Balaban J connectivity index is 0.00000417. The Hall–Kier alpha value is -2.67. The number of nitrogens with one attached hydrogen (secondary N) is 2. The van der Waals surface area contributed by atoms with Crippen molar-refractivity contribution in [2.24, 2.45) is 0 Å². The van der Waals surface area contributed by atoms with Crippen molar-refractivity contribution in [3.8, 4) is 0 Å². The lowest BCUT2D eigenvalue weighted by Gasteiger charge is -2.41. The molecule has 0 spiro atoms. The molecule has 4 heterocycles. The molecule has 3 saturated heterocycles. The van der Waals surface area contributed by atoms with E-state index in [1.807, 2.05) is 46.2 Å². The van der Waals surface area contributed by atoms with Crippen LogP contribution in [0.5, 0.6) is 0 Å². The Morgan fingerprint density at radius 1 is 0.848 bits per heavy atom. The normalized spacial score (nSPS) is 20.7. The van der Waals surface area contributed by atoms with Crippen LogP contribution in [0.3, 0.4) is 0 Å². The molecule has 46 heavy (non-hydrogen) atoms. The first kappa shape index (κ1) is 34.7. The van der Waals surface area contributed by atoms with Gasteiger partial charge in [-0.1, -0.05) is 57.5 Å². The molecule has 0 bridgehead atoms. The highest BCUT2D eigenvalue weighted by atomic mass is 79.9. The van der Waals surface area contributed by atoms with E-state index >= 15 is 0 Å². The summed E-state index contributed by atoms with van der Waals surface area (Å²) in [5, 5.41) is 6.47. The number of piperazine rings is 1. The van der Waals surface area contributed by atoms with E-state index in [9.17, 15) is 14.4 Å². The van der Waals surface area contributed by atoms with Crippen LogP contribution in [0.2, 0.25) is 0 Å². The van der Waals surface area contributed by atoms with E-state index < -0.39 is 12.2 Å². The highest BCUT2D eigenvalue weighted by Gasteiger charge is 2.36. The zero-order chi connectivity index (χ0) is 31.3. The maximum Gasteiger partial charge on any atom is 0.410 e. The molecule has 3 fully saturated rings. The highest BCUT2D eigenvalue weighted by molar-refractivity contribution is 9.11. The largest absolute Gasteiger partial charge is 0.436 e. The lowest BCUT2D eigenvalue weighted by molar-refractivity contribution is -0.142. The number of rotatable bonds is 6. The summed E-state index contributed by atoms with van der Waals surface area (Å²) in [6.45, 7) is 7.02. The summed E-state index contributed by atoms with van der Waals surface area (Å²) in [6, 6.07) is 14.2. The van der Waals surface area contributed by atoms with E-state index in [0.717, 1.165) is 71.2 Å². The van der Waals surface area contributed by atoms with Gasteiger partial charge in [-0.25, -0.2) is 9.59 Å². The number of hydrogen-bond acceptors (Lipinski definition) is 6. The first-order valence-electron chi connectivity index (χ1n) is 16.1. The van der Waals surface area contributed by atoms with Gasteiger partial charge in [0.1, 0.15) is 0 Å². The van der Waals surface area contributed by atoms with E-state index in [2.05, 4.69) is 53.5 Å². The number of para-hydroxylation sites is 1. The lowest BCUT2D eigenvalue weighted by Crippen LogP contribution is -2.54. The average molecular weight is 763 g/mol. The second kappa shape index (κ2) is 16.0. The van der Waals surface area contributed by atoms with Gasteiger partial charge in [-0.15, -0.1) is 0 Å². The number of hydrogen-bond donors (Lipinski definition) is 2. The number of piperidine rings is 2. The van der Waals surface area contributed by atoms with Gasteiger partial charge in [-0.05, 0) is 67.5 Å². The second-order valence-electron chi connectivity index (χ2n) is 12.4. The van der Waals surface area contributed by atoms with Gasteiger partial charge in [0.05, 0.1) is 0 Å². The maximum absolute atomic E-state index is 13.9. The number of fused-ring (bicyclic) bond motifs is 1. The van der Waals surface area contributed by atoms with Gasteiger partial charge in [-0.3, -0.25) is 9.69 Å². The molecule has 1 atom stereocenters. The summed E-state index contributed by atoms with van der Waals surface area (Å²) >= 11 is 7.09. The molecule has 2 aromatic carbocycles. The third-order valence-corrected chi connectivity index (χ3v) is 10.5.